The van der Waals surface area contributed by atoms with Gasteiger partial charge in [-0.05, 0) is 128 Å². The summed E-state index contributed by atoms with van der Waals surface area (Å²) >= 11 is 0. The van der Waals surface area contributed by atoms with Gasteiger partial charge in [0.15, 0.2) is 6.10 Å². The molecule has 16 nitrogen and oxygen atoms in total. The van der Waals surface area contributed by atoms with Gasteiger partial charge >= 0.3 is 33.6 Å². The van der Waals surface area contributed by atoms with Gasteiger partial charge in [0, 0.05) is 19.3 Å². The molecule has 0 aliphatic heterocycles. The van der Waals surface area contributed by atoms with Crippen molar-refractivity contribution in [1.82, 2.24) is 0 Å². The highest BCUT2D eigenvalue weighted by Gasteiger charge is 2.29. The minimum atomic E-state index is -4.95. The molecule has 0 rings (SSSR count). The Morgan fingerprint density at radius 1 is 0.282 bits per heavy atom. The van der Waals surface area contributed by atoms with Crippen LogP contribution < -0.4 is 0 Å². The molecule has 4 N–H and O–H groups in total. The number of aliphatic hydroxyl groups excluding tert-OH is 2. The van der Waals surface area contributed by atoms with Crippen molar-refractivity contribution in [2.75, 3.05) is 39.6 Å². The van der Waals surface area contributed by atoms with Crippen LogP contribution in [0.15, 0.2) is 146 Å². The maximum atomic E-state index is 12.9. The molecular weight excluding hydrogens is 1340 g/mol. The summed E-state index contributed by atoms with van der Waals surface area (Å²) in [5, 5.41) is 20.6. The molecule has 590 valence electrons. The Balaban J connectivity index is 4.41. The Hall–Kier alpha value is -4.57. The summed E-state index contributed by atoms with van der Waals surface area (Å²) in [5.74, 6) is -1.68. The van der Waals surface area contributed by atoms with E-state index in [9.17, 15) is 43.5 Å². The molecule has 0 aromatic carbocycles. The summed E-state index contributed by atoms with van der Waals surface area (Å²) < 4.78 is 61.0. The van der Waals surface area contributed by atoms with Gasteiger partial charge in [0.1, 0.15) is 25.4 Å². The molecule has 0 aromatic heterocycles. The molecule has 0 aromatic rings. The molecule has 0 bridgehead atoms. The number of esters is 3. The highest BCUT2D eigenvalue weighted by Crippen LogP contribution is 2.45. The number of ether oxygens (including phenoxy) is 3. The number of carbonyl (C=O) groups is 3. The lowest BCUT2D eigenvalue weighted by atomic mass is 10.0. The highest BCUT2D eigenvalue weighted by molar-refractivity contribution is 7.47. The van der Waals surface area contributed by atoms with Crippen molar-refractivity contribution in [3.63, 3.8) is 0 Å². The van der Waals surface area contributed by atoms with Gasteiger partial charge in [-0.1, -0.05) is 314 Å². The molecule has 0 saturated heterocycles. The topological polar surface area (TPSA) is 231 Å². The number of allylic oxidation sites excluding steroid dienone is 24. The van der Waals surface area contributed by atoms with Crippen LogP contribution in [0.5, 0.6) is 0 Å². The normalized spacial score (nSPS) is 14.7. The van der Waals surface area contributed by atoms with Crippen molar-refractivity contribution in [1.29, 1.82) is 0 Å². The molecule has 5 unspecified atom stereocenters. The summed E-state index contributed by atoms with van der Waals surface area (Å²) in [6.45, 7) is 2.34. The predicted octanol–water partition coefficient (Wildman–Crippen LogP) is 23.7. The van der Waals surface area contributed by atoms with Crippen molar-refractivity contribution < 1.29 is 75.8 Å². The molecule has 0 saturated carbocycles. The van der Waals surface area contributed by atoms with Crippen LogP contribution in [0.3, 0.4) is 0 Å². The Kier molecular flexibility index (Phi) is 73.6. The molecule has 0 radical (unpaired) electrons. The maximum absolute atomic E-state index is 12.9. The predicted molar refractivity (Wildman–Crippen MR) is 426 cm³/mol. The number of phosphoric acid groups is 2. The average Bonchev–Trinajstić information content (AvgIpc) is 0.946. The van der Waals surface area contributed by atoms with Crippen LogP contribution in [0.1, 0.15) is 316 Å². The second-order valence-electron chi connectivity index (χ2n) is 26.5. The van der Waals surface area contributed by atoms with E-state index in [1.807, 2.05) is 18.2 Å². The van der Waals surface area contributed by atoms with E-state index in [-0.39, 0.29) is 19.3 Å². The number of hydrogen-bond donors (Lipinski definition) is 4. The lowest BCUT2D eigenvalue weighted by Gasteiger charge is -2.21. The van der Waals surface area contributed by atoms with E-state index in [4.69, 9.17) is 32.3 Å². The van der Waals surface area contributed by atoms with Gasteiger partial charge in [0.2, 0.25) is 0 Å². The molecule has 5 atom stereocenters. The third kappa shape index (κ3) is 78.3. The standard InChI is InChI=1S/C85H144O16P2/c1-4-7-10-13-16-19-22-25-27-29-31-32-33-34-35-36-37-38-39-40-41-42-43-44-45-46-48-50-51-54-56-59-62-65-68-71-83(88)95-74-80(86)75-97-102(91,92)98-76-81(87)77-99-103(93,94)100-79-82(101-85(90)73-70-67-64-61-58-53-24-21-18-15-12-9-6-3)78-96-84(89)72-69-66-63-60-57-55-52-49-47-30-28-26-23-20-17-14-11-8-5-2/h7-8,10-11,16-17,19-21,24-28,31-32,34-35,47,49,55,57,63,66,80-82,86-87H,4-6,9,12-15,18,22-23,29-30,33,36-46,48,50-54,56,58-62,64-65,67-79H2,1-3H3,(H,91,92)(H,93,94)/b10-7-,11-8-,19-16-,20-17-,24-21-,27-25-,28-26-,32-31-,35-34-,49-47-,57-55-,66-63-. The van der Waals surface area contributed by atoms with E-state index in [1.54, 1.807) is 0 Å². The lowest BCUT2D eigenvalue weighted by molar-refractivity contribution is -0.161. The third-order valence-electron chi connectivity index (χ3n) is 16.5. The van der Waals surface area contributed by atoms with E-state index in [0.29, 0.717) is 25.7 Å². The minimum absolute atomic E-state index is 0.0411. The van der Waals surface area contributed by atoms with Crippen LogP contribution in [-0.4, -0.2) is 95.9 Å². The maximum Gasteiger partial charge on any atom is 0.472 e. The number of aliphatic hydroxyl groups is 2. The van der Waals surface area contributed by atoms with E-state index in [0.717, 1.165) is 122 Å². The molecule has 0 spiro atoms. The molecular formula is C85H144O16P2. The molecule has 18 heteroatoms. The van der Waals surface area contributed by atoms with Gasteiger partial charge in [0.25, 0.3) is 0 Å². The molecule has 103 heavy (non-hydrogen) atoms. The number of rotatable bonds is 75. The second kappa shape index (κ2) is 77.1. The van der Waals surface area contributed by atoms with Crippen LogP contribution in [0.2, 0.25) is 0 Å². The lowest BCUT2D eigenvalue weighted by Crippen LogP contribution is -2.30. The fourth-order valence-corrected chi connectivity index (χ4v) is 12.1. The monoisotopic (exact) mass is 1480 g/mol. The van der Waals surface area contributed by atoms with Gasteiger partial charge in [-0.15, -0.1) is 0 Å². The van der Waals surface area contributed by atoms with Crippen molar-refractivity contribution in [3.8, 4) is 0 Å². The van der Waals surface area contributed by atoms with Crippen molar-refractivity contribution >= 4 is 33.6 Å². The van der Waals surface area contributed by atoms with E-state index in [1.165, 1.54) is 128 Å². The van der Waals surface area contributed by atoms with Gasteiger partial charge in [-0.2, -0.15) is 0 Å². The second-order valence-corrected chi connectivity index (χ2v) is 29.4. The van der Waals surface area contributed by atoms with Crippen molar-refractivity contribution in [2.24, 2.45) is 0 Å². The Bertz CT molecular complexity index is 2450. The fraction of sp³-hybridized carbons (Fsp3) is 0.682. The van der Waals surface area contributed by atoms with Gasteiger partial charge in [0.05, 0.1) is 26.4 Å². The first-order valence-electron chi connectivity index (χ1n) is 40.1. The first-order chi connectivity index (χ1) is 50.2. The van der Waals surface area contributed by atoms with Crippen LogP contribution in [-0.2, 0) is 55.8 Å². The minimum Gasteiger partial charge on any atom is -0.463 e. The molecule has 0 heterocycles. The molecule has 0 aliphatic carbocycles. The largest absolute Gasteiger partial charge is 0.472 e. The number of unbranched alkanes of at least 4 members (excludes halogenated alkanes) is 28. The SMILES string of the molecule is CC/C=C\C/C=C\C/C=C\C/C=C\C/C=C\C/C=C\CCC(=O)OCC(COP(=O)(O)OCC(O)COP(=O)(O)OCC(O)COC(=O)CCCCCCCCCCCCCCCCCCCCC/C=C\C/C=C\C/C=C\C/C=C\C/C=C\CC)OC(=O)CCCCCCC/C=C\CCCCCC. The Labute approximate surface area is 626 Å². The van der Waals surface area contributed by atoms with Gasteiger partial charge < -0.3 is 34.2 Å². The third-order valence-corrected chi connectivity index (χ3v) is 18.4. The summed E-state index contributed by atoms with van der Waals surface area (Å²) in [4.78, 5) is 58.5. The Morgan fingerprint density at radius 2 is 0.534 bits per heavy atom. The zero-order chi connectivity index (χ0) is 75.2. The van der Waals surface area contributed by atoms with Crippen molar-refractivity contribution in [2.45, 2.75) is 334 Å². The van der Waals surface area contributed by atoms with E-state index >= 15 is 0 Å². The van der Waals surface area contributed by atoms with Crippen LogP contribution >= 0.6 is 15.6 Å². The van der Waals surface area contributed by atoms with Gasteiger partial charge in [-0.3, -0.25) is 32.5 Å². The average molecular weight is 1480 g/mol. The summed E-state index contributed by atoms with van der Waals surface area (Å²) in [5.41, 5.74) is 0. The van der Waals surface area contributed by atoms with Crippen LogP contribution in [0, 0.1) is 0 Å². The zero-order valence-electron chi connectivity index (χ0n) is 64.4. The smallest absolute Gasteiger partial charge is 0.463 e. The summed E-state index contributed by atoms with van der Waals surface area (Å²) in [6.07, 6.45) is 95.2. The van der Waals surface area contributed by atoms with Crippen LogP contribution in [0.4, 0.5) is 0 Å². The van der Waals surface area contributed by atoms with Gasteiger partial charge in [-0.25, -0.2) is 9.13 Å². The van der Waals surface area contributed by atoms with E-state index in [2.05, 4.69) is 148 Å². The number of hydrogen-bond acceptors (Lipinski definition) is 14. The zero-order valence-corrected chi connectivity index (χ0v) is 66.2. The first-order valence-corrected chi connectivity index (χ1v) is 43.1. The molecule has 0 fully saturated rings. The van der Waals surface area contributed by atoms with E-state index < -0.39 is 91.5 Å². The quantitative estimate of drug-likeness (QED) is 0.0146. The fourth-order valence-electron chi connectivity index (χ4n) is 10.5. The first kappa shape index (κ1) is 98.4. The number of phosphoric ester groups is 2. The highest BCUT2D eigenvalue weighted by atomic mass is 31.2. The number of carbonyl (C=O) groups excluding carboxylic acids is 3. The summed E-state index contributed by atoms with van der Waals surface area (Å²) in [7, 11) is -9.81. The molecule has 0 amide bonds. The van der Waals surface area contributed by atoms with Crippen molar-refractivity contribution in [3.05, 3.63) is 146 Å². The Morgan fingerprint density at radius 3 is 0.883 bits per heavy atom. The van der Waals surface area contributed by atoms with Crippen LogP contribution in [0.25, 0.3) is 0 Å². The molecule has 0 aliphatic rings. The summed E-state index contributed by atoms with van der Waals surface area (Å²) in [6, 6.07) is 0.